The van der Waals surface area contributed by atoms with Crippen LogP contribution in [0.25, 0.3) is 0 Å². The lowest BCUT2D eigenvalue weighted by molar-refractivity contribution is -0.133. The van der Waals surface area contributed by atoms with Crippen LogP contribution >= 0.6 is 11.3 Å². The summed E-state index contributed by atoms with van der Waals surface area (Å²) >= 11 is 1.37. The first-order chi connectivity index (χ1) is 13.7. The summed E-state index contributed by atoms with van der Waals surface area (Å²) in [5.41, 5.74) is 5.76. The van der Waals surface area contributed by atoms with Gasteiger partial charge in [0.15, 0.2) is 0 Å². The minimum absolute atomic E-state index is 0.134. The molecule has 9 heteroatoms. The third-order valence-electron chi connectivity index (χ3n) is 4.73. The minimum atomic E-state index is -0.798. The number of terminal acetylenes is 1. The summed E-state index contributed by atoms with van der Waals surface area (Å²) in [6.07, 6.45) is 6.28. The molecule has 0 radical (unpaired) electrons. The van der Waals surface area contributed by atoms with Crippen LogP contribution in [0.3, 0.4) is 0 Å². The number of primary amides is 1. The Kier molecular flexibility index (Phi) is 8.17. The number of hydrogen-bond acceptors (Lipinski definition) is 6. The number of hydrogen-bond donors (Lipinski definition) is 2. The molecule has 1 saturated heterocycles. The number of nitrogens with one attached hydrogen (secondary N) is 1. The number of thiazole rings is 1. The monoisotopic (exact) mass is 420 g/mol. The molecule has 3 N–H and O–H groups in total. The fraction of sp³-hybridized carbons (Fsp3) is 0.600. The Morgan fingerprint density at radius 3 is 2.76 bits per heavy atom. The van der Waals surface area contributed by atoms with Crippen molar-refractivity contribution in [2.75, 3.05) is 13.2 Å². The second-order valence-corrected chi connectivity index (χ2v) is 8.58. The molecular formula is C20H28N4O4S. The molecule has 0 unspecified atom stereocenters. The van der Waals surface area contributed by atoms with Crippen molar-refractivity contribution in [3.05, 3.63) is 16.1 Å². The standard InChI is InChI=1S/C20H28N4O4S/c1-5-8-28-14-6-7-24(20(27)16-11-29-13(4)22-16)17(10-14)19(26)23-15(18(21)25)9-12(2)3/h1,11-12,14-15,17H,6-10H2,2-4H3,(H2,21,25)(H,23,26)/t14-,15-,17+/m1/s1. The van der Waals surface area contributed by atoms with E-state index in [1.165, 1.54) is 16.2 Å². The smallest absolute Gasteiger partial charge is 0.274 e. The van der Waals surface area contributed by atoms with Crippen LogP contribution in [0.5, 0.6) is 0 Å². The first kappa shape index (κ1) is 22.8. The molecule has 0 aromatic carbocycles. The Morgan fingerprint density at radius 2 is 2.21 bits per heavy atom. The maximum absolute atomic E-state index is 13.0. The van der Waals surface area contributed by atoms with Gasteiger partial charge in [-0.1, -0.05) is 19.8 Å². The van der Waals surface area contributed by atoms with E-state index in [-0.39, 0.29) is 31.0 Å². The molecule has 0 saturated carbocycles. The summed E-state index contributed by atoms with van der Waals surface area (Å²) in [7, 11) is 0. The van der Waals surface area contributed by atoms with Crippen LogP contribution in [0.4, 0.5) is 0 Å². The molecular weight excluding hydrogens is 392 g/mol. The van der Waals surface area contributed by atoms with Crippen molar-refractivity contribution in [3.63, 3.8) is 0 Å². The first-order valence-electron chi connectivity index (χ1n) is 9.60. The van der Waals surface area contributed by atoms with Gasteiger partial charge in [0.1, 0.15) is 24.4 Å². The number of nitrogens with zero attached hydrogens (tertiary/aromatic N) is 2. The lowest BCUT2D eigenvalue weighted by Crippen LogP contribution is -2.58. The van der Waals surface area contributed by atoms with Gasteiger partial charge in [-0.2, -0.15) is 0 Å². The summed E-state index contributed by atoms with van der Waals surface area (Å²) in [4.78, 5) is 43.5. The molecule has 1 aromatic heterocycles. The molecule has 1 aliphatic rings. The second-order valence-electron chi connectivity index (χ2n) is 7.52. The summed E-state index contributed by atoms with van der Waals surface area (Å²) < 4.78 is 5.61. The van der Waals surface area contributed by atoms with E-state index < -0.39 is 23.9 Å². The number of rotatable bonds is 8. The molecule has 0 aliphatic carbocycles. The molecule has 1 fully saturated rings. The third kappa shape index (κ3) is 6.27. The topological polar surface area (TPSA) is 115 Å². The SMILES string of the molecule is C#CCO[C@@H]1CCN(C(=O)c2csc(C)n2)[C@H](C(=O)N[C@H](CC(C)C)C(N)=O)C1. The molecule has 3 amide bonds. The maximum Gasteiger partial charge on any atom is 0.274 e. The number of amides is 3. The highest BCUT2D eigenvalue weighted by molar-refractivity contribution is 7.09. The number of aromatic nitrogens is 1. The molecule has 2 rings (SSSR count). The van der Waals surface area contributed by atoms with Crippen LogP contribution in [-0.4, -0.2) is 58.9 Å². The van der Waals surface area contributed by atoms with Crippen molar-refractivity contribution < 1.29 is 19.1 Å². The molecule has 3 atom stereocenters. The number of carbonyl (C=O) groups is 3. The van der Waals surface area contributed by atoms with Crippen molar-refractivity contribution in [2.24, 2.45) is 11.7 Å². The lowest BCUT2D eigenvalue weighted by atomic mass is 9.96. The largest absolute Gasteiger partial charge is 0.368 e. The van der Waals surface area contributed by atoms with Crippen LogP contribution in [0.15, 0.2) is 5.38 Å². The van der Waals surface area contributed by atoms with Crippen LogP contribution in [0.1, 0.15) is 48.6 Å². The van der Waals surface area contributed by atoms with Gasteiger partial charge in [-0.05, 0) is 25.7 Å². The Morgan fingerprint density at radius 1 is 1.48 bits per heavy atom. The fourth-order valence-corrected chi connectivity index (χ4v) is 3.92. The van der Waals surface area contributed by atoms with Crippen LogP contribution in [0, 0.1) is 25.2 Å². The second kappa shape index (κ2) is 10.4. The van der Waals surface area contributed by atoms with Crippen molar-refractivity contribution in [2.45, 2.75) is 58.2 Å². The van der Waals surface area contributed by atoms with Gasteiger partial charge in [0.05, 0.1) is 11.1 Å². The molecule has 158 valence electrons. The molecule has 8 nitrogen and oxygen atoms in total. The Labute approximate surface area is 175 Å². The highest BCUT2D eigenvalue weighted by Gasteiger charge is 2.38. The Bertz CT molecular complexity index is 786. The van der Waals surface area contributed by atoms with E-state index >= 15 is 0 Å². The van der Waals surface area contributed by atoms with Crippen molar-refractivity contribution in [1.29, 1.82) is 0 Å². The molecule has 1 aliphatic heterocycles. The third-order valence-corrected chi connectivity index (χ3v) is 5.50. The zero-order valence-electron chi connectivity index (χ0n) is 17.0. The van der Waals surface area contributed by atoms with Crippen LogP contribution < -0.4 is 11.1 Å². The van der Waals surface area contributed by atoms with Gasteiger partial charge >= 0.3 is 0 Å². The van der Waals surface area contributed by atoms with Gasteiger partial charge in [0, 0.05) is 18.3 Å². The highest BCUT2D eigenvalue weighted by Crippen LogP contribution is 2.23. The predicted octanol–water partition coefficient (Wildman–Crippen LogP) is 1.09. The molecule has 1 aromatic rings. The van der Waals surface area contributed by atoms with Gasteiger partial charge in [0.25, 0.3) is 5.91 Å². The van der Waals surface area contributed by atoms with E-state index in [1.807, 2.05) is 20.8 Å². The molecule has 0 spiro atoms. The van der Waals surface area contributed by atoms with Gasteiger partial charge in [0.2, 0.25) is 11.8 Å². The molecule has 29 heavy (non-hydrogen) atoms. The number of aryl methyl sites for hydroxylation is 1. The van der Waals surface area contributed by atoms with Crippen molar-refractivity contribution in [3.8, 4) is 12.3 Å². The van der Waals surface area contributed by atoms with E-state index in [4.69, 9.17) is 16.9 Å². The predicted molar refractivity (Wildman–Crippen MR) is 110 cm³/mol. The van der Waals surface area contributed by atoms with Crippen LogP contribution in [0.2, 0.25) is 0 Å². The zero-order valence-corrected chi connectivity index (χ0v) is 17.8. The lowest BCUT2D eigenvalue weighted by Gasteiger charge is -2.38. The fourth-order valence-electron chi connectivity index (χ4n) is 3.34. The molecule has 0 bridgehead atoms. The number of carbonyl (C=O) groups excluding carboxylic acids is 3. The van der Waals surface area contributed by atoms with Crippen molar-refractivity contribution >= 4 is 29.1 Å². The number of piperidine rings is 1. The quantitative estimate of drug-likeness (QED) is 0.611. The first-order valence-corrected chi connectivity index (χ1v) is 10.5. The van der Waals surface area contributed by atoms with E-state index in [2.05, 4.69) is 16.2 Å². The van der Waals surface area contributed by atoms with Crippen molar-refractivity contribution in [1.82, 2.24) is 15.2 Å². The summed E-state index contributed by atoms with van der Waals surface area (Å²) in [6, 6.07) is -1.59. The Hall–Kier alpha value is -2.44. The summed E-state index contributed by atoms with van der Waals surface area (Å²) in [5, 5.41) is 5.16. The average molecular weight is 421 g/mol. The number of nitrogens with two attached hydrogens (primary N) is 1. The number of likely N-dealkylation sites (tertiary alicyclic amines) is 1. The summed E-state index contributed by atoms with van der Waals surface area (Å²) in [6.45, 7) is 6.15. The van der Waals surface area contributed by atoms with E-state index in [1.54, 1.807) is 5.38 Å². The van der Waals surface area contributed by atoms with Gasteiger partial charge < -0.3 is 20.7 Å². The molecule has 2 heterocycles. The van der Waals surface area contributed by atoms with E-state index in [0.717, 1.165) is 5.01 Å². The zero-order chi connectivity index (χ0) is 21.6. The van der Waals surface area contributed by atoms with Gasteiger partial charge in [-0.3, -0.25) is 14.4 Å². The highest BCUT2D eigenvalue weighted by atomic mass is 32.1. The van der Waals surface area contributed by atoms with E-state index in [0.29, 0.717) is 25.1 Å². The van der Waals surface area contributed by atoms with E-state index in [9.17, 15) is 14.4 Å². The summed E-state index contributed by atoms with van der Waals surface area (Å²) in [5.74, 6) is 1.24. The normalized spacial score (nSPS) is 20.2. The number of ether oxygens (including phenoxy) is 1. The minimum Gasteiger partial charge on any atom is -0.368 e. The van der Waals surface area contributed by atoms with Gasteiger partial charge in [-0.15, -0.1) is 17.8 Å². The maximum atomic E-state index is 13.0. The Balaban J connectivity index is 2.20. The van der Waals surface area contributed by atoms with Crippen LogP contribution in [-0.2, 0) is 14.3 Å². The van der Waals surface area contributed by atoms with Gasteiger partial charge in [-0.25, -0.2) is 4.98 Å². The average Bonchev–Trinajstić information content (AvgIpc) is 3.11.